The van der Waals surface area contributed by atoms with E-state index in [1.54, 1.807) is 0 Å². The lowest BCUT2D eigenvalue weighted by molar-refractivity contribution is -0.140. The molecule has 2 aliphatic rings. The van der Waals surface area contributed by atoms with E-state index in [0.29, 0.717) is 13.2 Å². The minimum absolute atomic E-state index is 0.0445. The van der Waals surface area contributed by atoms with Crippen LogP contribution in [0.15, 0.2) is 0 Å². The maximum Gasteiger partial charge on any atom is 0.239 e. The third-order valence-electron chi connectivity index (χ3n) is 3.68. The highest BCUT2D eigenvalue weighted by Crippen LogP contribution is 2.18. The smallest absolute Gasteiger partial charge is 0.239 e. The molecular formula is C12H22N2O2. The number of likely N-dealkylation sites (tertiary alicyclic amines) is 1. The molecular weight excluding hydrogens is 204 g/mol. The minimum atomic E-state index is 0.0445. The van der Waals surface area contributed by atoms with E-state index in [2.05, 4.69) is 11.8 Å². The molecule has 0 aliphatic carbocycles. The SMILES string of the molecule is C[C@H]1CCN([C@@H](C)C(=O)N2CCOCC2)C1. The summed E-state index contributed by atoms with van der Waals surface area (Å²) in [7, 11) is 0. The average Bonchev–Trinajstić information content (AvgIpc) is 2.75. The molecule has 2 fully saturated rings. The van der Waals surface area contributed by atoms with Crippen LogP contribution in [0, 0.1) is 5.92 Å². The van der Waals surface area contributed by atoms with Crippen molar-refractivity contribution in [3.63, 3.8) is 0 Å². The number of carbonyl (C=O) groups excluding carboxylic acids is 1. The standard InChI is InChI=1S/C12H22N2O2/c1-10-3-4-14(9-10)11(2)12(15)13-5-7-16-8-6-13/h10-11H,3-9H2,1-2H3/t10-,11-/m0/s1. The van der Waals surface area contributed by atoms with Crippen LogP contribution in [-0.2, 0) is 9.53 Å². The topological polar surface area (TPSA) is 32.8 Å². The molecule has 0 radical (unpaired) electrons. The molecule has 2 aliphatic heterocycles. The van der Waals surface area contributed by atoms with Gasteiger partial charge in [0.05, 0.1) is 19.3 Å². The van der Waals surface area contributed by atoms with Gasteiger partial charge in [0.1, 0.15) is 0 Å². The van der Waals surface area contributed by atoms with Crippen molar-refractivity contribution < 1.29 is 9.53 Å². The normalized spacial score (nSPS) is 29.4. The summed E-state index contributed by atoms with van der Waals surface area (Å²) in [6, 6.07) is 0.0445. The summed E-state index contributed by atoms with van der Waals surface area (Å²) in [4.78, 5) is 16.5. The molecule has 4 nitrogen and oxygen atoms in total. The largest absolute Gasteiger partial charge is 0.378 e. The highest BCUT2D eigenvalue weighted by molar-refractivity contribution is 5.81. The fourth-order valence-electron chi connectivity index (χ4n) is 2.53. The van der Waals surface area contributed by atoms with Crippen LogP contribution >= 0.6 is 0 Å². The van der Waals surface area contributed by atoms with Gasteiger partial charge in [-0.2, -0.15) is 0 Å². The van der Waals surface area contributed by atoms with Crippen molar-refractivity contribution in [1.82, 2.24) is 9.80 Å². The molecule has 0 N–H and O–H groups in total. The first kappa shape index (κ1) is 11.9. The summed E-state index contributed by atoms with van der Waals surface area (Å²) >= 11 is 0. The monoisotopic (exact) mass is 226 g/mol. The molecule has 16 heavy (non-hydrogen) atoms. The Bertz CT molecular complexity index is 251. The Morgan fingerprint density at radius 1 is 1.31 bits per heavy atom. The minimum Gasteiger partial charge on any atom is -0.378 e. The van der Waals surface area contributed by atoms with Crippen LogP contribution in [-0.4, -0.2) is 61.1 Å². The number of amides is 1. The third-order valence-corrected chi connectivity index (χ3v) is 3.68. The van der Waals surface area contributed by atoms with Gasteiger partial charge in [0.2, 0.25) is 5.91 Å². The molecule has 0 aromatic carbocycles. The van der Waals surface area contributed by atoms with E-state index in [1.807, 2.05) is 11.8 Å². The van der Waals surface area contributed by atoms with Gasteiger partial charge >= 0.3 is 0 Å². The van der Waals surface area contributed by atoms with E-state index in [1.165, 1.54) is 6.42 Å². The van der Waals surface area contributed by atoms with Gasteiger partial charge in [-0.15, -0.1) is 0 Å². The van der Waals surface area contributed by atoms with Gasteiger partial charge in [0, 0.05) is 19.6 Å². The molecule has 0 aromatic heterocycles. The Kier molecular flexibility index (Phi) is 3.82. The Morgan fingerprint density at radius 2 is 2.00 bits per heavy atom. The molecule has 0 bridgehead atoms. The van der Waals surface area contributed by atoms with Crippen molar-refractivity contribution in [3.05, 3.63) is 0 Å². The predicted molar refractivity (Wildman–Crippen MR) is 62.2 cm³/mol. The second-order valence-electron chi connectivity index (χ2n) is 5.00. The van der Waals surface area contributed by atoms with Crippen LogP contribution < -0.4 is 0 Å². The van der Waals surface area contributed by atoms with Gasteiger partial charge in [-0.3, -0.25) is 9.69 Å². The quantitative estimate of drug-likeness (QED) is 0.690. The van der Waals surface area contributed by atoms with Gasteiger partial charge in [-0.05, 0) is 25.8 Å². The number of rotatable bonds is 2. The number of morpholine rings is 1. The number of hydrogen-bond donors (Lipinski definition) is 0. The molecule has 0 unspecified atom stereocenters. The van der Waals surface area contributed by atoms with Crippen molar-refractivity contribution in [1.29, 1.82) is 0 Å². The summed E-state index contributed by atoms with van der Waals surface area (Å²) in [5.74, 6) is 1.01. The average molecular weight is 226 g/mol. The summed E-state index contributed by atoms with van der Waals surface area (Å²) in [6.45, 7) is 9.32. The van der Waals surface area contributed by atoms with E-state index in [9.17, 15) is 4.79 Å². The summed E-state index contributed by atoms with van der Waals surface area (Å²) < 4.78 is 5.26. The summed E-state index contributed by atoms with van der Waals surface area (Å²) in [5.41, 5.74) is 0. The third kappa shape index (κ3) is 2.55. The van der Waals surface area contributed by atoms with Gasteiger partial charge in [-0.25, -0.2) is 0 Å². The van der Waals surface area contributed by atoms with Crippen LogP contribution in [0.25, 0.3) is 0 Å². The van der Waals surface area contributed by atoms with E-state index in [0.717, 1.165) is 32.1 Å². The number of ether oxygens (including phenoxy) is 1. The van der Waals surface area contributed by atoms with Crippen molar-refractivity contribution in [3.8, 4) is 0 Å². The molecule has 92 valence electrons. The number of carbonyl (C=O) groups is 1. The zero-order chi connectivity index (χ0) is 11.5. The second kappa shape index (κ2) is 5.15. The van der Waals surface area contributed by atoms with Crippen LogP contribution in [0.3, 0.4) is 0 Å². The molecule has 0 spiro atoms. The molecule has 2 heterocycles. The van der Waals surface area contributed by atoms with E-state index in [4.69, 9.17) is 4.74 Å². The lowest BCUT2D eigenvalue weighted by Crippen LogP contribution is -2.50. The van der Waals surface area contributed by atoms with Crippen LogP contribution in [0.1, 0.15) is 20.3 Å². The Balaban J connectivity index is 1.88. The zero-order valence-electron chi connectivity index (χ0n) is 10.3. The van der Waals surface area contributed by atoms with Gasteiger partial charge in [0.15, 0.2) is 0 Å². The predicted octanol–water partition coefficient (Wildman–Crippen LogP) is 0.575. The lowest BCUT2D eigenvalue weighted by atomic mass is 10.2. The summed E-state index contributed by atoms with van der Waals surface area (Å²) in [6.07, 6.45) is 1.22. The molecule has 2 rings (SSSR count). The molecule has 2 atom stereocenters. The fourth-order valence-corrected chi connectivity index (χ4v) is 2.53. The highest BCUT2D eigenvalue weighted by atomic mass is 16.5. The van der Waals surface area contributed by atoms with Crippen molar-refractivity contribution >= 4 is 5.91 Å². The van der Waals surface area contributed by atoms with E-state index < -0.39 is 0 Å². The van der Waals surface area contributed by atoms with Crippen molar-refractivity contribution in [2.24, 2.45) is 5.92 Å². The molecule has 0 saturated carbocycles. The first-order chi connectivity index (χ1) is 7.68. The maximum atomic E-state index is 12.2. The number of hydrogen-bond acceptors (Lipinski definition) is 3. The van der Waals surface area contributed by atoms with Crippen molar-refractivity contribution in [2.45, 2.75) is 26.3 Å². The summed E-state index contributed by atoms with van der Waals surface area (Å²) in [5, 5.41) is 0. The van der Waals surface area contributed by atoms with Crippen LogP contribution in [0.2, 0.25) is 0 Å². The first-order valence-corrected chi connectivity index (χ1v) is 6.29. The fraction of sp³-hybridized carbons (Fsp3) is 0.917. The van der Waals surface area contributed by atoms with Crippen molar-refractivity contribution in [2.75, 3.05) is 39.4 Å². The first-order valence-electron chi connectivity index (χ1n) is 6.29. The second-order valence-corrected chi connectivity index (χ2v) is 5.00. The van der Waals surface area contributed by atoms with E-state index in [-0.39, 0.29) is 11.9 Å². The molecule has 2 saturated heterocycles. The molecule has 1 amide bonds. The van der Waals surface area contributed by atoms with Gasteiger partial charge < -0.3 is 9.64 Å². The Morgan fingerprint density at radius 3 is 2.56 bits per heavy atom. The van der Waals surface area contributed by atoms with Gasteiger partial charge in [-0.1, -0.05) is 6.92 Å². The molecule has 0 aromatic rings. The Hall–Kier alpha value is -0.610. The zero-order valence-corrected chi connectivity index (χ0v) is 10.3. The van der Waals surface area contributed by atoms with E-state index >= 15 is 0 Å². The molecule has 4 heteroatoms. The number of nitrogens with zero attached hydrogens (tertiary/aromatic N) is 2. The van der Waals surface area contributed by atoms with Crippen LogP contribution in [0.4, 0.5) is 0 Å². The van der Waals surface area contributed by atoms with Crippen LogP contribution in [0.5, 0.6) is 0 Å². The maximum absolute atomic E-state index is 12.2. The Labute approximate surface area is 97.5 Å². The van der Waals surface area contributed by atoms with Gasteiger partial charge in [0.25, 0.3) is 0 Å². The highest BCUT2D eigenvalue weighted by Gasteiger charge is 2.30. The lowest BCUT2D eigenvalue weighted by Gasteiger charge is -2.32.